The molecule has 0 saturated heterocycles. The van der Waals surface area contributed by atoms with Crippen LogP contribution in [0.1, 0.15) is 27.2 Å². The summed E-state index contributed by atoms with van der Waals surface area (Å²) in [5, 5.41) is 5.45. The molecule has 0 aromatic heterocycles. The maximum absolute atomic E-state index is 2.22. The predicted octanol–water partition coefficient (Wildman–Crippen LogP) is 3.95. The minimum absolute atomic E-state index is 0.884. The van der Waals surface area contributed by atoms with E-state index in [1.54, 1.807) is 0 Å². The zero-order chi connectivity index (χ0) is 7.82. The SMILES string of the molecule is C1=CSCS1.CCC(C)C. The van der Waals surface area contributed by atoms with Gasteiger partial charge in [0.25, 0.3) is 0 Å². The van der Waals surface area contributed by atoms with Crippen LogP contribution >= 0.6 is 23.5 Å². The first-order valence-electron chi connectivity index (χ1n) is 3.65. The van der Waals surface area contributed by atoms with Crippen molar-refractivity contribution in [1.29, 1.82) is 0 Å². The van der Waals surface area contributed by atoms with E-state index < -0.39 is 0 Å². The van der Waals surface area contributed by atoms with E-state index in [0.717, 1.165) is 5.92 Å². The van der Waals surface area contributed by atoms with Crippen molar-refractivity contribution >= 4 is 23.5 Å². The molecule has 0 aromatic carbocycles. The Bertz CT molecular complexity index is 81.3. The Labute approximate surface area is 72.9 Å². The third-order valence-electron chi connectivity index (χ3n) is 1.20. The summed E-state index contributed by atoms with van der Waals surface area (Å²) in [7, 11) is 0. The van der Waals surface area contributed by atoms with Crippen molar-refractivity contribution < 1.29 is 0 Å². The van der Waals surface area contributed by atoms with E-state index in [-0.39, 0.29) is 0 Å². The molecular weight excluding hydrogens is 160 g/mol. The van der Waals surface area contributed by atoms with Crippen molar-refractivity contribution in [1.82, 2.24) is 0 Å². The molecule has 0 fully saturated rings. The standard InChI is InChI=1S/C5H12.C3H4S2/c1-4-5(2)3;1-2-5-3-4-1/h5H,4H2,1-3H3;1-2H,3H2. The lowest BCUT2D eigenvalue weighted by Gasteiger charge is -1.90. The van der Waals surface area contributed by atoms with E-state index >= 15 is 0 Å². The van der Waals surface area contributed by atoms with Gasteiger partial charge in [-0.05, 0) is 16.7 Å². The third-order valence-corrected chi connectivity index (χ3v) is 3.12. The predicted molar refractivity (Wildman–Crippen MR) is 54.3 cm³/mol. The maximum atomic E-state index is 2.22. The number of thioether (sulfide) groups is 2. The molecule has 60 valence electrons. The van der Waals surface area contributed by atoms with Crippen molar-refractivity contribution in [3.05, 3.63) is 10.8 Å². The van der Waals surface area contributed by atoms with Crippen LogP contribution in [0.25, 0.3) is 0 Å². The zero-order valence-electron chi connectivity index (χ0n) is 6.96. The van der Waals surface area contributed by atoms with Crippen LogP contribution < -0.4 is 0 Å². The molecule has 0 aromatic rings. The summed E-state index contributed by atoms with van der Waals surface area (Å²) in [5.74, 6) is 0.884. The molecule has 1 rings (SSSR count). The van der Waals surface area contributed by atoms with E-state index in [2.05, 4.69) is 31.6 Å². The van der Waals surface area contributed by atoms with Crippen molar-refractivity contribution in [2.75, 3.05) is 5.08 Å². The molecule has 1 aliphatic rings. The van der Waals surface area contributed by atoms with Gasteiger partial charge in [-0.15, -0.1) is 23.5 Å². The summed E-state index contributed by atoms with van der Waals surface area (Å²) in [4.78, 5) is 0. The van der Waals surface area contributed by atoms with Gasteiger partial charge in [-0.2, -0.15) is 0 Å². The van der Waals surface area contributed by atoms with Gasteiger partial charge in [0, 0.05) is 5.08 Å². The molecule has 0 radical (unpaired) electrons. The van der Waals surface area contributed by atoms with Gasteiger partial charge in [-0.1, -0.05) is 27.2 Å². The lowest BCUT2D eigenvalue weighted by Crippen LogP contribution is -1.77. The summed E-state index contributed by atoms with van der Waals surface area (Å²) in [6, 6.07) is 0. The molecule has 0 aliphatic carbocycles. The minimum Gasteiger partial charge on any atom is -0.122 e. The van der Waals surface area contributed by atoms with Crippen LogP contribution in [-0.4, -0.2) is 5.08 Å². The average molecular weight is 176 g/mol. The van der Waals surface area contributed by atoms with Crippen LogP contribution in [0.5, 0.6) is 0 Å². The highest BCUT2D eigenvalue weighted by atomic mass is 32.2. The minimum atomic E-state index is 0.884. The highest BCUT2D eigenvalue weighted by molar-refractivity contribution is 8.21. The van der Waals surface area contributed by atoms with E-state index in [9.17, 15) is 0 Å². The Morgan fingerprint density at radius 1 is 1.30 bits per heavy atom. The van der Waals surface area contributed by atoms with Crippen molar-refractivity contribution in [2.24, 2.45) is 5.92 Å². The summed E-state index contributed by atoms with van der Waals surface area (Å²) < 4.78 is 0. The molecule has 2 heteroatoms. The first kappa shape index (κ1) is 10.4. The normalized spacial score (nSPS) is 15.2. The summed E-state index contributed by atoms with van der Waals surface area (Å²) >= 11 is 3.71. The first-order valence-corrected chi connectivity index (χ1v) is 5.75. The maximum Gasteiger partial charge on any atom is 0.0475 e. The third kappa shape index (κ3) is 8.44. The van der Waals surface area contributed by atoms with Gasteiger partial charge < -0.3 is 0 Å². The highest BCUT2D eigenvalue weighted by Gasteiger charge is 1.85. The molecule has 0 nitrogen and oxygen atoms in total. The van der Waals surface area contributed by atoms with Gasteiger partial charge in [-0.25, -0.2) is 0 Å². The summed E-state index contributed by atoms with van der Waals surface area (Å²) in [6.07, 6.45) is 1.31. The zero-order valence-corrected chi connectivity index (χ0v) is 8.60. The molecule has 0 spiro atoms. The topological polar surface area (TPSA) is 0 Å². The Hall–Kier alpha value is 0.440. The fourth-order valence-corrected chi connectivity index (χ4v) is 1.77. The van der Waals surface area contributed by atoms with Crippen LogP contribution in [0.4, 0.5) is 0 Å². The Balaban J connectivity index is 0.000000162. The second-order valence-electron chi connectivity index (χ2n) is 2.53. The molecule has 0 saturated carbocycles. The molecule has 0 N–H and O–H groups in total. The van der Waals surface area contributed by atoms with Crippen molar-refractivity contribution in [3.63, 3.8) is 0 Å². The van der Waals surface area contributed by atoms with Crippen molar-refractivity contribution in [3.8, 4) is 0 Å². The molecule has 1 aliphatic heterocycles. The van der Waals surface area contributed by atoms with Crippen LogP contribution in [0.3, 0.4) is 0 Å². The molecule has 0 atom stereocenters. The van der Waals surface area contributed by atoms with Crippen LogP contribution in [0.15, 0.2) is 10.8 Å². The molecule has 1 heterocycles. The van der Waals surface area contributed by atoms with E-state index in [4.69, 9.17) is 0 Å². The lowest BCUT2D eigenvalue weighted by atomic mass is 10.2. The molecule has 10 heavy (non-hydrogen) atoms. The Kier molecular flexibility index (Phi) is 7.88. The van der Waals surface area contributed by atoms with Gasteiger partial charge in [0.15, 0.2) is 0 Å². The second kappa shape index (κ2) is 7.55. The lowest BCUT2D eigenvalue weighted by molar-refractivity contribution is 0.626. The second-order valence-corrected chi connectivity index (χ2v) is 4.68. The highest BCUT2D eigenvalue weighted by Crippen LogP contribution is 2.22. The van der Waals surface area contributed by atoms with Crippen molar-refractivity contribution in [2.45, 2.75) is 27.2 Å². The number of rotatable bonds is 1. The fourth-order valence-electron chi connectivity index (χ4n) is 0.196. The number of hydrogen-bond donors (Lipinski definition) is 0. The van der Waals surface area contributed by atoms with Gasteiger partial charge in [0.1, 0.15) is 0 Å². The summed E-state index contributed by atoms with van der Waals surface area (Å²) in [6.45, 7) is 6.64. The van der Waals surface area contributed by atoms with Crippen LogP contribution in [0.2, 0.25) is 0 Å². The average Bonchev–Trinajstić information content (AvgIpc) is 2.43. The fraction of sp³-hybridized carbons (Fsp3) is 0.750. The van der Waals surface area contributed by atoms with Gasteiger partial charge in [-0.3, -0.25) is 0 Å². The summed E-state index contributed by atoms with van der Waals surface area (Å²) in [5.41, 5.74) is 0. The molecular formula is C8H16S2. The Morgan fingerprint density at radius 3 is 1.80 bits per heavy atom. The van der Waals surface area contributed by atoms with Gasteiger partial charge in [0.2, 0.25) is 0 Å². The molecule has 0 amide bonds. The van der Waals surface area contributed by atoms with E-state index in [1.807, 2.05) is 23.5 Å². The van der Waals surface area contributed by atoms with Crippen LogP contribution in [-0.2, 0) is 0 Å². The largest absolute Gasteiger partial charge is 0.122 e. The van der Waals surface area contributed by atoms with E-state index in [0.29, 0.717) is 0 Å². The van der Waals surface area contributed by atoms with E-state index in [1.165, 1.54) is 11.5 Å². The molecule has 0 bridgehead atoms. The Morgan fingerprint density at radius 2 is 1.70 bits per heavy atom. The quantitative estimate of drug-likeness (QED) is 0.593. The monoisotopic (exact) mass is 176 g/mol. The van der Waals surface area contributed by atoms with Gasteiger partial charge in [0.05, 0.1) is 0 Å². The molecule has 0 unspecified atom stereocenters. The van der Waals surface area contributed by atoms with Crippen LogP contribution in [0, 0.1) is 5.92 Å². The smallest absolute Gasteiger partial charge is 0.0475 e. The van der Waals surface area contributed by atoms with Gasteiger partial charge >= 0.3 is 0 Å². The first-order chi connectivity index (χ1) is 4.77. The number of hydrogen-bond acceptors (Lipinski definition) is 2.